The molecule has 1 aromatic carbocycles. The van der Waals surface area contributed by atoms with Gasteiger partial charge in [-0.2, -0.15) is 0 Å². The van der Waals surface area contributed by atoms with E-state index in [9.17, 15) is 4.79 Å². The minimum Gasteiger partial charge on any atom is -0.473 e. The smallest absolute Gasteiger partial charge is 0.414 e. The number of carbonyl (C=O) groups excluding carboxylic acids is 1. The molecular weight excluding hydrogens is 324 g/mol. The second-order valence-corrected chi connectivity index (χ2v) is 5.88. The summed E-state index contributed by atoms with van der Waals surface area (Å²) < 4.78 is 0. The molecule has 0 unspecified atom stereocenters. The number of aliphatic carboxylic acids is 2. The molecule has 1 saturated heterocycles. The first-order valence-electron chi connectivity index (χ1n) is 8.44. The maximum Gasteiger partial charge on any atom is 0.414 e. The number of hydrogen-bond donors (Lipinski definition) is 3. The third kappa shape index (κ3) is 8.85. The van der Waals surface area contributed by atoms with Crippen molar-refractivity contribution in [3.05, 3.63) is 35.9 Å². The molecule has 3 N–H and O–H groups in total. The molecule has 1 aromatic rings. The van der Waals surface area contributed by atoms with Crippen LogP contribution in [0.15, 0.2) is 30.3 Å². The van der Waals surface area contributed by atoms with Crippen LogP contribution in [0.3, 0.4) is 0 Å². The minimum absolute atomic E-state index is 0.183. The Bertz CT molecular complexity index is 542. The Morgan fingerprint density at radius 1 is 1.08 bits per heavy atom. The lowest BCUT2D eigenvalue weighted by Crippen LogP contribution is -2.44. The lowest BCUT2D eigenvalue weighted by molar-refractivity contribution is -0.159. The van der Waals surface area contributed by atoms with Crippen molar-refractivity contribution < 1.29 is 24.6 Å². The van der Waals surface area contributed by atoms with E-state index in [-0.39, 0.29) is 5.91 Å². The van der Waals surface area contributed by atoms with Gasteiger partial charge in [-0.05, 0) is 24.8 Å². The first kappa shape index (κ1) is 20.6. The molecule has 1 aliphatic heterocycles. The number of piperidine rings is 1. The molecule has 0 atom stereocenters. The Hall–Kier alpha value is -2.41. The van der Waals surface area contributed by atoms with Gasteiger partial charge in [-0.25, -0.2) is 9.59 Å². The molecule has 0 radical (unpaired) electrons. The van der Waals surface area contributed by atoms with Crippen molar-refractivity contribution in [2.45, 2.75) is 38.6 Å². The molecule has 1 fully saturated rings. The minimum atomic E-state index is -1.82. The molecule has 7 nitrogen and oxygen atoms in total. The van der Waals surface area contributed by atoms with Gasteiger partial charge < -0.3 is 20.4 Å². The largest absolute Gasteiger partial charge is 0.473 e. The summed E-state index contributed by atoms with van der Waals surface area (Å²) in [4.78, 5) is 32.0. The number of rotatable bonds is 5. The molecule has 1 aliphatic rings. The van der Waals surface area contributed by atoms with Crippen LogP contribution in [0.1, 0.15) is 31.7 Å². The van der Waals surface area contributed by atoms with Crippen LogP contribution in [0.5, 0.6) is 0 Å². The molecular formula is C18H26N2O5. The quantitative estimate of drug-likeness (QED) is 0.693. The van der Waals surface area contributed by atoms with Crippen molar-refractivity contribution in [1.29, 1.82) is 0 Å². The number of hydrogen-bond acceptors (Lipinski definition) is 4. The van der Waals surface area contributed by atoms with Crippen LogP contribution in [-0.2, 0) is 20.8 Å². The van der Waals surface area contributed by atoms with Gasteiger partial charge in [-0.3, -0.25) is 4.79 Å². The van der Waals surface area contributed by atoms with Gasteiger partial charge in [0.25, 0.3) is 0 Å². The number of amides is 1. The van der Waals surface area contributed by atoms with Crippen molar-refractivity contribution in [2.24, 2.45) is 0 Å². The van der Waals surface area contributed by atoms with E-state index >= 15 is 0 Å². The molecule has 0 saturated carbocycles. The molecule has 0 aliphatic carbocycles. The van der Waals surface area contributed by atoms with Crippen molar-refractivity contribution >= 4 is 17.8 Å². The van der Waals surface area contributed by atoms with E-state index in [0.717, 1.165) is 38.9 Å². The number of benzene rings is 1. The maximum absolute atomic E-state index is 11.3. The predicted molar refractivity (Wildman–Crippen MR) is 93.3 cm³/mol. The number of likely N-dealkylation sites (tertiary alicyclic amines) is 1. The number of carbonyl (C=O) groups is 3. The standard InChI is InChI=1S/C16H24N2O.C2H2O4/c1-2-16(19)17-15-9-12-18(13-10-15)11-8-14-6-4-3-5-7-14;3-1(4)2(5)6/h3-7,15H,2,8-13H2,1H3,(H,17,19);(H,3,4)(H,5,6). The van der Waals surface area contributed by atoms with Crippen LogP contribution in [0, 0.1) is 0 Å². The van der Waals surface area contributed by atoms with Gasteiger partial charge in [0.1, 0.15) is 0 Å². The van der Waals surface area contributed by atoms with Crippen LogP contribution in [0.25, 0.3) is 0 Å². The number of nitrogens with one attached hydrogen (secondary N) is 1. The highest BCUT2D eigenvalue weighted by atomic mass is 16.4. The third-order valence-electron chi connectivity index (χ3n) is 4.02. The van der Waals surface area contributed by atoms with E-state index < -0.39 is 11.9 Å². The number of nitrogens with zero attached hydrogens (tertiary/aromatic N) is 1. The Morgan fingerprint density at radius 3 is 2.12 bits per heavy atom. The first-order valence-corrected chi connectivity index (χ1v) is 8.44. The van der Waals surface area contributed by atoms with E-state index in [2.05, 4.69) is 40.5 Å². The topological polar surface area (TPSA) is 107 Å². The SMILES string of the molecule is CCC(=O)NC1CCN(CCc2ccccc2)CC1.O=C(O)C(=O)O. The van der Waals surface area contributed by atoms with Gasteiger partial charge in [0, 0.05) is 32.1 Å². The third-order valence-corrected chi connectivity index (χ3v) is 4.02. The van der Waals surface area contributed by atoms with Gasteiger partial charge in [0.15, 0.2) is 0 Å². The van der Waals surface area contributed by atoms with E-state index in [1.54, 1.807) is 0 Å². The summed E-state index contributed by atoms with van der Waals surface area (Å²) in [5.74, 6) is -3.47. The molecule has 0 aromatic heterocycles. The Morgan fingerprint density at radius 2 is 1.64 bits per heavy atom. The zero-order valence-corrected chi connectivity index (χ0v) is 14.5. The molecule has 2 rings (SSSR count). The van der Waals surface area contributed by atoms with Crippen molar-refractivity contribution in [3.8, 4) is 0 Å². The fraction of sp³-hybridized carbons (Fsp3) is 0.500. The molecule has 25 heavy (non-hydrogen) atoms. The van der Waals surface area contributed by atoms with Gasteiger partial charge >= 0.3 is 11.9 Å². The molecule has 0 bridgehead atoms. The lowest BCUT2D eigenvalue weighted by Gasteiger charge is -2.32. The van der Waals surface area contributed by atoms with E-state index in [4.69, 9.17) is 19.8 Å². The van der Waals surface area contributed by atoms with Gasteiger partial charge in [0.2, 0.25) is 5.91 Å². The summed E-state index contributed by atoms with van der Waals surface area (Å²) >= 11 is 0. The first-order chi connectivity index (χ1) is 11.9. The Kier molecular flexibility index (Phi) is 9.24. The summed E-state index contributed by atoms with van der Waals surface area (Å²) in [6.07, 6.45) is 3.88. The van der Waals surface area contributed by atoms with Gasteiger partial charge in [-0.15, -0.1) is 0 Å². The van der Waals surface area contributed by atoms with Crippen molar-refractivity contribution in [3.63, 3.8) is 0 Å². The van der Waals surface area contributed by atoms with Gasteiger partial charge in [-0.1, -0.05) is 37.3 Å². The highest BCUT2D eigenvalue weighted by Gasteiger charge is 2.19. The average Bonchev–Trinajstić information content (AvgIpc) is 2.62. The Balaban J connectivity index is 0.000000450. The molecule has 138 valence electrons. The second kappa shape index (κ2) is 11.2. The van der Waals surface area contributed by atoms with E-state index in [0.29, 0.717) is 12.5 Å². The highest BCUT2D eigenvalue weighted by molar-refractivity contribution is 6.27. The summed E-state index contributed by atoms with van der Waals surface area (Å²) in [6.45, 7) is 5.23. The number of carboxylic acid groups (broad SMARTS) is 2. The van der Waals surface area contributed by atoms with E-state index in [1.165, 1.54) is 5.56 Å². The zero-order chi connectivity index (χ0) is 18.7. The summed E-state index contributed by atoms with van der Waals surface area (Å²) in [5.41, 5.74) is 1.41. The maximum atomic E-state index is 11.3. The molecule has 7 heteroatoms. The monoisotopic (exact) mass is 350 g/mol. The summed E-state index contributed by atoms with van der Waals surface area (Å²) in [5, 5.41) is 17.9. The van der Waals surface area contributed by atoms with Crippen molar-refractivity contribution in [2.75, 3.05) is 19.6 Å². The molecule has 0 spiro atoms. The molecule has 1 heterocycles. The van der Waals surface area contributed by atoms with E-state index in [1.807, 2.05) is 6.92 Å². The predicted octanol–water partition coefficient (Wildman–Crippen LogP) is 1.38. The summed E-state index contributed by atoms with van der Waals surface area (Å²) in [7, 11) is 0. The van der Waals surface area contributed by atoms with Crippen molar-refractivity contribution in [1.82, 2.24) is 10.2 Å². The van der Waals surface area contributed by atoms with Crippen LogP contribution < -0.4 is 5.32 Å². The number of carboxylic acids is 2. The van der Waals surface area contributed by atoms with Crippen LogP contribution in [0.2, 0.25) is 0 Å². The van der Waals surface area contributed by atoms with Crippen LogP contribution >= 0.6 is 0 Å². The molecule has 1 amide bonds. The summed E-state index contributed by atoms with van der Waals surface area (Å²) in [6, 6.07) is 11.0. The normalized spacial score (nSPS) is 14.9. The zero-order valence-electron chi connectivity index (χ0n) is 14.5. The second-order valence-electron chi connectivity index (χ2n) is 5.88. The fourth-order valence-corrected chi connectivity index (χ4v) is 2.56. The fourth-order valence-electron chi connectivity index (χ4n) is 2.56. The lowest BCUT2D eigenvalue weighted by atomic mass is 10.0. The average molecular weight is 350 g/mol. The Labute approximate surface area is 147 Å². The highest BCUT2D eigenvalue weighted by Crippen LogP contribution is 2.11. The van der Waals surface area contributed by atoms with Crippen LogP contribution in [0.4, 0.5) is 0 Å². The van der Waals surface area contributed by atoms with Gasteiger partial charge in [0.05, 0.1) is 0 Å². The van der Waals surface area contributed by atoms with Crippen LogP contribution in [-0.4, -0.2) is 58.6 Å².